The molecular weight excluding hydrogens is 474 g/mol. The average Bonchev–Trinajstić information content (AvgIpc) is 2.98. The molecule has 0 aliphatic carbocycles. The molecule has 0 bridgehead atoms. The van der Waals surface area contributed by atoms with E-state index in [2.05, 4.69) is 21.2 Å². The molecule has 5 rings (SSSR count). The number of piperazine rings is 1. The number of anilines is 3. The molecule has 2 saturated heterocycles. The second-order valence-electron chi connectivity index (χ2n) is 10.2. The van der Waals surface area contributed by atoms with Crippen LogP contribution in [0.5, 0.6) is 0 Å². The summed E-state index contributed by atoms with van der Waals surface area (Å²) in [4.78, 5) is 19.9. The maximum atomic E-state index is 13.6. The van der Waals surface area contributed by atoms with Crippen molar-refractivity contribution in [2.24, 2.45) is 0 Å². The van der Waals surface area contributed by atoms with E-state index in [1.807, 2.05) is 84.6 Å². The van der Waals surface area contributed by atoms with Gasteiger partial charge in [-0.2, -0.15) is 5.26 Å². The van der Waals surface area contributed by atoms with E-state index in [-0.39, 0.29) is 18.6 Å². The Hall–Kier alpha value is -4.02. The smallest absolute Gasteiger partial charge is 0.254 e. The Bertz CT molecular complexity index is 1300. The monoisotopic (exact) mass is 509 g/mol. The molecule has 2 aliphatic heterocycles. The molecule has 2 N–H and O–H groups in total. The first-order chi connectivity index (χ1) is 18.6. The number of aliphatic hydroxyl groups excluding tert-OH is 1. The lowest BCUT2D eigenvalue weighted by Crippen LogP contribution is -2.56. The van der Waals surface area contributed by atoms with Crippen LogP contribution in [0.1, 0.15) is 34.3 Å². The second-order valence-corrected chi connectivity index (χ2v) is 10.2. The predicted octanol–water partition coefficient (Wildman–Crippen LogP) is 4.27. The number of aliphatic hydroxyl groups is 1. The topological polar surface area (TPSA) is 82.8 Å². The normalized spacial score (nSPS) is 18.2. The highest BCUT2D eigenvalue weighted by Gasteiger charge is 2.30. The Morgan fingerprint density at radius 3 is 2.47 bits per heavy atom. The summed E-state index contributed by atoms with van der Waals surface area (Å²) in [6.07, 6.45) is 1.91. The van der Waals surface area contributed by atoms with Gasteiger partial charge < -0.3 is 25.1 Å². The summed E-state index contributed by atoms with van der Waals surface area (Å²) in [7, 11) is 0. The molecule has 1 unspecified atom stereocenters. The Labute approximate surface area is 224 Å². The molecule has 2 fully saturated rings. The lowest BCUT2D eigenvalue weighted by Gasteiger charge is -2.42. The molecule has 7 nitrogen and oxygen atoms in total. The average molecular weight is 510 g/mol. The first kappa shape index (κ1) is 25.6. The van der Waals surface area contributed by atoms with Crippen molar-refractivity contribution < 1.29 is 9.90 Å². The van der Waals surface area contributed by atoms with Crippen molar-refractivity contribution in [3.63, 3.8) is 0 Å². The molecule has 0 aromatic heterocycles. The van der Waals surface area contributed by atoms with Crippen molar-refractivity contribution in [3.05, 3.63) is 89.5 Å². The molecule has 0 saturated carbocycles. The van der Waals surface area contributed by atoms with Crippen LogP contribution in [0.4, 0.5) is 17.1 Å². The van der Waals surface area contributed by atoms with E-state index in [0.717, 1.165) is 48.6 Å². The molecule has 0 radical (unpaired) electrons. The number of piperidine rings is 1. The molecule has 7 heteroatoms. The van der Waals surface area contributed by atoms with E-state index in [4.69, 9.17) is 0 Å². The number of aryl methyl sites for hydroxylation is 1. The molecule has 3 aromatic rings. The number of amides is 1. The van der Waals surface area contributed by atoms with E-state index < -0.39 is 0 Å². The van der Waals surface area contributed by atoms with Gasteiger partial charge in [0.15, 0.2) is 0 Å². The third kappa shape index (κ3) is 5.46. The van der Waals surface area contributed by atoms with Crippen LogP contribution in [0.2, 0.25) is 0 Å². The standard InChI is InChI=1S/C31H35N5O2/c1-23-11-12-26(33-25-13-15-34(16-14-25)30-10-6-5-7-24(30)20-32)19-29(23)31(38)35-17-18-36(28(21-35)22-37)27-8-3-2-4-9-27/h2-12,19,25,28,33,37H,13-18,21-22H2,1H3. The Morgan fingerprint density at radius 1 is 1.00 bits per heavy atom. The molecule has 1 atom stereocenters. The first-order valence-electron chi connectivity index (χ1n) is 13.4. The number of hydrogen-bond acceptors (Lipinski definition) is 6. The van der Waals surface area contributed by atoms with E-state index in [1.54, 1.807) is 0 Å². The lowest BCUT2D eigenvalue weighted by atomic mass is 10.0. The maximum Gasteiger partial charge on any atom is 0.254 e. The number of nitrogens with zero attached hydrogens (tertiary/aromatic N) is 4. The largest absolute Gasteiger partial charge is 0.394 e. The van der Waals surface area contributed by atoms with Gasteiger partial charge in [-0.25, -0.2) is 0 Å². The molecule has 196 valence electrons. The number of benzene rings is 3. The third-order valence-corrected chi connectivity index (χ3v) is 7.77. The minimum Gasteiger partial charge on any atom is -0.394 e. The highest BCUT2D eigenvalue weighted by molar-refractivity contribution is 5.96. The quantitative estimate of drug-likeness (QED) is 0.517. The van der Waals surface area contributed by atoms with Gasteiger partial charge in [0.25, 0.3) is 5.91 Å². The molecule has 3 aromatic carbocycles. The zero-order valence-corrected chi connectivity index (χ0v) is 21.9. The van der Waals surface area contributed by atoms with Crippen molar-refractivity contribution in [3.8, 4) is 6.07 Å². The number of para-hydroxylation sites is 2. The van der Waals surface area contributed by atoms with Crippen LogP contribution in [0.3, 0.4) is 0 Å². The molecule has 38 heavy (non-hydrogen) atoms. The third-order valence-electron chi connectivity index (χ3n) is 7.77. The first-order valence-corrected chi connectivity index (χ1v) is 13.4. The fourth-order valence-electron chi connectivity index (χ4n) is 5.61. The van der Waals surface area contributed by atoms with E-state index in [9.17, 15) is 15.2 Å². The van der Waals surface area contributed by atoms with Gasteiger partial charge in [0.05, 0.1) is 23.9 Å². The van der Waals surface area contributed by atoms with Crippen molar-refractivity contribution in [1.82, 2.24) is 4.90 Å². The molecule has 2 heterocycles. The summed E-state index contributed by atoms with van der Waals surface area (Å²) in [5.74, 6) is 0.0141. The zero-order valence-electron chi connectivity index (χ0n) is 21.9. The minimum absolute atomic E-state index is 0.00318. The van der Waals surface area contributed by atoms with E-state index in [0.29, 0.717) is 36.8 Å². The minimum atomic E-state index is -0.131. The predicted molar refractivity (Wildman–Crippen MR) is 152 cm³/mol. The van der Waals surface area contributed by atoms with Gasteiger partial charge in [0.1, 0.15) is 6.07 Å². The van der Waals surface area contributed by atoms with Gasteiger partial charge in [-0.05, 0) is 61.7 Å². The van der Waals surface area contributed by atoms with Crippen molar-refractivity contribution in [2.45, 2.75) is 31.8 Å². The summed E-state index contributed by atoms with van der Waals surface area (Å²) < 4.78 is 0. The molecule has 0 spiro atoms. The molecular formula is C31H35N5O2. The lowest BCUT2D eigenvalue weighted by molar-refractivity contribution is 0.0698. The van der Waals surface area contributed by atoms with Gasteiger partial charge in [-0.1, -0.05) is 36.4 Å². The molecule has 2 aliphatic rings. The van der Waals surface area contributed by atoms with Crippen molar-refractivity contribution in [1.29, 1.82) is 5.26 Å². The van der Waals surface area contributed by atoms with Gasteiger partial charge in [-0.3, -0.25) is 4.79 Å². The van der Waals surface area contributed by atoms with Crippen LogP contribution < -0.4 is 15.1 Å². The van der Waals surface area contributed by atoms with Crippen molar-refractivity contribution >= 4 is 23.0 Å². The molecule has 1 amide bonds. The Morgan fingerprint density at radius 2 is 1.74 bits per heavy atom. The van der Waals surface area contributed by atoms with Crippen LogP contribution in [-0.2, 0) is 0 Å². The van der Waals surface area contributed by atoms with Crippen molar-refractivity contribution in [2.75, 3.05) is 54.4 Å². The zero-order chi connectivity index (χ0) is 26.5. The second kappa shape index (κ2) is 11.6. The van der Waals surface area contributed by atoms with Crippen LogP contribution in [0, 0.1) is 18.3 Å². The van der Waals surface area contributed by atoms with Crippen LogP contribution in [0.25, 0.3) is 0 Å². The SMILES string of the molecule is Cc1ccc(NC2CCN(c3ccccc3C#N)CC2)cc1C(=O)N1CCN(c2ccccc2)C(CO)C1. The summed E-state index contributed by atoms with van der Waals surface area (Å²) in [5.41, 5.74) is 5.41. The van der Waals surface area contributed by atoms with Crippen LogP contribution in [-0.4, -0.2) is 67.3 Å². The highest BCUT2D eigenvalue weighted by atomic mass is 16.3. The van der Waals surface area contributed by atoms with E-state index in [1.165, 1.54) is 0 Å². The maximum absolute atomic E-state index is 13.6. The number of carbonyl (C=O) groups is 1. The number of nitriles is 1. The summed E-state index contributed by atoms with van der Waals surface area (Å²) in [5, 5.41) is 23.2. The highest BCUT2D eigenvalue weighted by Crippen LogP contribution is 2.27. The fraction of sp³-hybridized carbons (Fsp3) is 0.355. The Kier molecular flexibility index (Phi) is 7.81. The number of hydrogen-bond donors (Lipinski definition) is 2. The summed E-state index contributed by atoms with van der Waals surface area (Å²) in [6.45, 7) is 5.52. The number of carbonyl (C=O) groups excluding carboxylic acids is 1. The van der Waals surface area contributed by atoms with Crippen LogP contribution >= 0.6 is 0 Å². The van der Waals surface area contributed by atoms with Gasteiger partial charge in [0.2, 0.25) is 0 Å². The number of nitrogens with one attached hydrogen (secondary N) is 1. The Balaban J connectivity index is 1.22. The summed E-state index contributed by atoms with van der Waals surface area (Å²) in [6, 6.07) is 26.4. The van der Waals surface area contributed by atoms with Crippen LogP contribution in [0.15, 0.2) is 72.8 Å². The fourth-order valence-corrected chi connectivity index (χ4v) is 5.61. The number of rotatable bonds is 6. The van der Waals surface area contributed by atoms with Gasteiger partial charge in [-0.15, -0.1) is 0 Å². The van der Waals surface area contributed by atoms with E-state index >= 15 is 0 Å². The summed E-state index contributed by atoms with van der Waals surface area (Å²) >= 11 is 0. The van der Waals surface area contributed by atoms with Gasteiger partial charge in [0, 0.05) is 55.7 Å². The van der Waals surface area contributed by atoms with Gasteiger partial charge >= 0.3 is 0 Å².